The van der Waals surface area contributed by atoms with E-state index in [2.05, 4.69) is 15.0 Å². The summed E-state index contributed by atoms with van der Waals surface area (Å²) >= 11 is 0. The van der Waals surface area contributed by atoms with Crippen molar-refractivity contribution in [3.63, 3.8) is 0 Å². The maximum atomic E-state index is 12.3. The van der Waals surface area contributed by atoms with Gasteiger partial charge in [-0.2, -0.15) is 0 Å². The number of benzene rings is 2. The SMILES string of the molecule is Cn1cnc2ccc(-c3nc4ccccc4[nH]c3=O)cc21. The molecule has 0 aliphatic heterocycles. The molecule has 0 bridgehead atoms. The standard InChI is InChI=1S/C16H12N4O/c1-20-9-17-13-7-6-10(8-14(13)20)15-16(21)19-12-5-3-2-4-11(12)18-15/h2-9H,1H3,(H,19,21). The molecule has 0 spiro atoms. The molecule has 4 rings (SSSR count). The molecule has 0 unspecified atom stereocenters. The van der Waals surface area contributed by atoms with E-state index in [1.807, 2.05) is 54.1 Å². The quantitative estimate of drug-likeness (QED) is 0.581. The summed E-state index contributed by atoms with van der Waals surface area (Å²) in [6.07, 6.45) is 1.76. The van der Waals surface area contributed by atoms with E-state index in [0.29, 0.717) is 5.69 Å². The molecule has 4 aromatic rings. The number of aromatic nitrogens is 4. The van der Waals surface area contributed by atoms with Crippen molar-refractivity contribution >= 4 is 22.1 Å². The summed E-state index contributed by atoms with van der Waals surface area (Å²) in [7, 11) is 1.93. The Balaban J connectivity index is 2.00. The summed E-state index contributed by atoms with van der Waals surface area (Å²) in [4.78, 5) is 23.9. The van der Waals surface area contributed by atoms with Crippen LogP contribution in [0.3, 0.4) is 0 Å². The van der Waals surface area contributed by atoms with Crippen LogP contribution in [0.5, 0.6) is 0 Å². The Hall–Kier alpha value is -2.95. The highest BCUT2D eigenvalue weighted by atomic mass is 16.1. The van der Waals surface area contributed by atoms with Crippen molar-refractivity contribution in [2.24, 2.45) is 7.05 Å². The van der Waals surface area contributed by atoms with E-state index in [1.165, 1.54) is 0 Å². The van der Waals surface area contributed by atoms with Crippen molar-refractivity contribution in [2.75, 3.05) is 0 Å². The number of nitrogens with zero attached hydrogens (tertiary/aromatic N) is 3. The van der Waals surface area contributed by atoms with Gasteiger partial charge in [0.2, 0.25) is 0 Å². The summed E-state index contributed by atoms with van der Waals surface area (Å²) in [6.45, 7) is 0. The van der Waals surface area contributed by atoms with Gasteiger partial charge in [-0.05, 0) is 24.3 Å². The first kappa shape index (κ1) is 11.8. The Morgan fingerprint density at radius 1 is 1.10 bits per heavy atom. The summed E-state index contributed by atoms with van der Waals surface area (Å²) in [5.74, 6) is 0. The van der Waals surface area contributed by atoms with Crippen molar-refractivity contribution in [2.45, 2.75) is 0 Å². The van der Waals surface area contributed by atoms with Crippen molar-refractivity contribution < 1.29 is 0 Å². The van der Waals surface area contributed by atoms with Crippen LogP contribution in [0.4, 0.5) is 0 Å². The van der Waals surface area contributed by atoms with Gasteiger partial charge in [0.1, 0.15) is 5.69 Å². The summed E-state index contributed by atoms with van der Waals surface area (Å²) in [5.41, 5.74) is 4.43. The minimum Gasteiger partial charge on any atom is -0.334 e. The van der Waals surface area contributed by atoms with Gasteiger partial charge in [-0.1, -0.05) is 18.2 Å². The van der Waals surface area contributed by atoms with E-state index < -0.39 is 0 Å². The Morgan fingerprint density at radius 2 is 1.95 bits per heavy atom. The lowest BCUT2D eigenvalue weighted by molar-refractivity contribution is 0.947. The highest BCUT2D eigenvalue weighted by Gasteiger charge is 2.09. The van der Waals surface area contributed by atoms with Crippen LogP contribution in [-0.2, 0) is 7.05 Å². The molecule has 5 heteroatoms. The second-order valence-corrected chi connectivity index (χ2v) is 4.99. The third-order valence-corrected chi connectivity index (χ3v) is 3.60. The minimum absolute atomic E-state index is 0.185. The number of fused-ring (bicyclic) bond motifs is 2. The zero-order valence-electron chi connectivity index (χ0n) is 11.4. The normalized spacial score (nSPS) is 11.3. The molecule has 1 N–H and O–H groups in total. The predicted molar refractivity (Wildman–Crippen MR) is 82.1 cm³/mol. The van der Waals surface area contributed by atoms with Gasteiger partial charge in [0.05, 0.1) is 28.4 Å². The van der Waals surface area contributed by atoms with E-state index in [1.54, 1.807) is 6.33 Å². The smallest absolute Gasteiger partial charge is 0.274 e. The fraction of sp³-hybridized carbons (Fsp3) is 0.0625. The Bertz CT molecular complexity index is 1030. The average Bonchev–Trinajstić information content (AvgIpc) is 2.87. The van der Waals surface area contributed by atoms with Crippen molar-refractivity contribution in [3.8, 4) is 11.3 Å². The Morgan fingerprint density at radius 3 is 2.86 bits per heavy atom. The van der Waals surface area contributed by atoms with Crippen molar-refractivity contribution in [1.29, 1.82) is 0 Å². The van der Waals surface area contributed by atoms with Gasteiger partial charge < -0.3 is 9.55 Å². The maximum absolute atomic E-state index is 12.3. The minimum atomic E-state index is -0.185. The van der Waals surface area contributed by atoms with Crippen LogP contribution in [0.2, 0.25) is 0 Å². The van der Waals surface area contributed by atoms with Gasteiger partial charge >= 0.3 is 0 Å². The number of hydrogen-bond donors (Lipinski definition) is 1. The third kappa shape index (κ3) is 1.82. The van der Waals surface area contributed by atoms with E-state index in [0.717, 1.165) is 27.6 Å². The fourth-order valence-electron chi connectivity index (χ4n) is 2.50. The van der Waals surface area contributed by atoms with Crippen molar-refractivity contribution in [3.05, 3.63) is 59.1 Å². The molecule has 5 nitrogen and oxygen atoms in total. The van der Waals surface area contributed by atoms with Crippen LogP contribution in [-0.4, -0.2) is 19.5 Å². The molecule has 0 saturated carbocycles. The topological polar surface area (TPSA) is 63.6 Å². The van der Waals surface area contributed by atoms with E-state index in [4.69, 9.17) is 0 Å². The number of H-pyrrole nitrogens is 1. The van der Waals surface area contributed by atoms with Gasteiger partial charge in [-0.15, -0.1) is 0 Å². The molecule has 0 fully saturated rings. The molecular formula is C16H12N4O. The molecule has 0 aliphatic carbocycles. The summed E-state index contributed by atoms with van der Waals surface area (Å²) in [5, 5.41) is 0. The monoisotopic (exact) mass is 276 g/mol. The molecule has 21 heavy (non-hydrogen) atoms. The molecular weight excluding hydrogens is 264 g/mol. The van der Waals surface area contributed by atoms with Crippen LogP contribution >= 0.6 is 0 Å². The Labute approximate surface area is 119 Å². The van der Waals surface area contributed by atoms with Crippen LogP contribution in [0, 0.1) is 0 Å². The van der Waals surface area contributed by atoms with E-state index in [-0.39, 0.29) is 5.56 Å². The van der Waals surface area contributed by atoms with E-state index in [9.17, 15) is 4.79 Å². The summed E-state index contributed by atoms with van der Waals surface area (Å²) in [6, 6.07) is 13.2. The molecule has 2 aromatic carbocycles. The fourth-order valence-corrected chi connectivity index (χ4v) is 2.50. The second-order valence-electron chi connectivity index (χ2n) is 4.99. The zero-order valence-corrected chi connectivity index (χ0v) is 11.4. The second kappa shape index (κ2) is 4.28. The lowest BCUT2D eigenvalue weighted by Crippen LogP contribution is -2.11. The largest absolute Gasteiger partial charge is 0.334 e. The third-order valence-electron chi connectivity index (χ3n) is 3.60. The molecule has 2 aromatic heterocycles. The van der Waals surface area contributed by atoms with Gasteiger partial charge in [-0.25, -0.2) is 9.97 Å². The maximum Gasteiger partial charge on any atom is 0.274 e. The molecule has 2 heterocycles. The number of aromatic amines is 1. The van der Waals surface area contributed by atoms with Gasteiger partial charge in [0.15, 0.2) is 0 Å². The number of aryl methyl sites for hydroxylation is 1. The molecule has 102 valence electrons. The van der Waals surface area contributed by atoms with Crippen LogP contribution in [0.1, 0.15) is 0 Å². The molecule has 0 saturated heterocycles. The number of nitrogens with one attached hydrogen (secondary N) is 1. The van der Waals surface area contributed by atoms with Gasteiger partial charge in [0.25, 0.3) is 5.56 Å². The zero-order chi connectivity index (χ0) is 14.4. The number of imidazole rings is 1. The molecule has 0 radical (unpaired) electrons. The van der Waals surface area contributed by atoms with Gasteiger partial charge in [0, 0.05) is 12.6 Å². The molecule has 0 aliphatic rings. The first-order chi connectivity index (χ1) is 10.2. The first-order valence-corrected chi connectivity index (χ1v) is 6.63. The van der Waals surface area contributed by atoms with E-state index >= 15 is 0 Å². The number of rotatable bonds is 1. The summed E-state index contributed by atoms with van der Waals surface area (Å²) < 4.78 is 1.92. The van der Waals surface area contributed by atoms with Gasteiger partial charge in [-0.3, -0.25) is 4.79 Å². The lowest BCUT2D eigenvalue weighted by atomic mass is 10.1. The Kier molecular flexibility index (Phi) is 2.41. The predicted octanol–water partition coefficient (Wildman–Crippen LogP) is 2.48. The average molecular weight is 276 g/mol. The highest BCUT2D eigenvalue weighted by Crippen LogP contribution is 2.21. The van der Waals surface area contributed by atoms with Crippen LogP contribution in [0.15, 0.2) is 53.6 Å². The highest BCUT2D eigenvalue weighted by molar-refractivity contribution is 5.83. The molecule has 0 atom stereocenters. The van der Waals surface area contributed by atoms with Crippen molar-refractivity contribution in [1.82, 2.24) is 19.5 Å². The van der Waals surface area contributed by atoms with Crippen LogP contribution in [0.25, 0.3) is 33.3 Å². The molecule has 0 amide bonds. The first-order valence-electron chi connectivity index (χ1n) is 6.63. The lowest BCUT2D eigenvalue weighted by Gasteiger charge is -2.03. The van der Waals surface area contributed by atoms with Crippen LogP contribution < -0.4 is 5.56 Å². The number of hydrogen-bond acceptors (Lipinski definition) is 3. The number of para-hydroxylation sites is 2.